The van der Waals surface area contributed by atoms with Crippen LogP contribution in [0.3, 0.4) is 0 Å². The molecular weight excluding hydrogens is 665 g/mol. The zero-order valence-corrected chi connectivity index (χ0v) is 33.9. The molecule has 0 saturated carbocycles. The van der Waals surface area contributed by atoms with Crippen molar-refractivity contribution >= 4 is 39.5 Å². The summed E-state index contributed by atoms with van der Waals surface area (Å²) >= 11 is 0. The zero-order chi connectivity index (χ0) is 36.4. The molecule has 2 unspecified atom stereocenters. The van der Waals surface area contributed by atoms with E-state index in [4.69, 9.17) is 24.3 Å². The van der Waals surface area contributed by atoms with Gasteiger partial charge >= 0.3 is 6.09 Å². The normalized spacial score (nSPS) is 19.6. The molecule has 2 saturated heterocycles. The fraction of sp³-hybridized carbons (Fsp3) is 0.649. The second-order valence-electron chi connectivity index (χ2n) is 17.5. The molecule has 5 heterocycles. The second kappa shape index (κ2) is 15.2. The number of carbonyl (C=O) groups excluding carboxylic acids is 2. The van der Waals surface area contributed by atoms with E-state index in [0.29, 0.717) is 38.0 Å². The standard InChI is InChI=1S/C37H58N6O5Si2/c1-26(44)32-14-11-27(22-38-32)31-23-39-43-34(41(24-46-15-17-49(5,6)7)25-47-16-18-50(8,9)10)21-33(40-35(31)43)28-19-29-12-13-30(20-28)42(29)36(45)48-37(2,3)4/h11,14,21-23,28-30H,12-13,15-20,24-25H2,1-10H3. The Morgan fingerprint density at radius 3 is 2.02 bits per heavy atom. The maximum absolute atomic E-state index is 13.3. The van der Waals surface area contributed by atoms with Crippen LogP contribution in [-0.4, -0.2) is 96.9 Å². The fourth-order valence-electron chi connectivity index (χ4n) is 6.67. The molecule has 5 rings (SSSR count). The molecule has 11 nitrogen and oxygen atoms in total. The van der Waals surface area contributed by atoms with E-state index in [1.807, 2.05) is 42.4 Å². The van der Waals surface area contributed by atoms with Crippen molar-refractivity contribution in [2.45, 2.75) is 128 Å². The molecule has 274 valence electrons. The van der Waals surface area contributed by atoms with Crippen LogP contribution in [-0.2, 0) is 14.2 Å². The molecular formula is C37H58N6O5Si2. The van der Waals surface area contributed by atoms with Gasteiger partial charge in [-0.1, -0.05) is 45.3 Å². The van der Waals surface area contributed by atoms with Gasteiger partial charge in [-0.2, -0.15) is 9.61 Å². The number of rotatable bonds is 14. The Kier molecular flexibility index (Phi) is 11.6. The van der Waals surface area contributed by atoms with Crippen molar-refractivity contribution in [3.63, 3.8) is 0 Å². The summed E-state index contributed by atoms with van der Waals surface area (Å²) in [5, 5.41) is 4.86. The summed E-state index contributed by atoms with van der Waals surface area (Å²) in [6.07, 6.45) is 6.88. The predicted molar refractivity (Wildman–Crippen MR) is 204 cm³/mol. The third-order valence-corrected chi connectivity index (χ3v) is 12.9. The molecule has 0 radical (unpaired) electrons. The van der Waals surface area contributed by atoms with Crippen LogP contribution >= 0.6 is 0 Å². The lowest BCUT2D eigenvalue weighted by atomic mass is 9.88. The molecule has 0 spiro atoms. The molecule has 3 aromatic rings. The topological polar surface area (TPSA) is 111 Å². The number of nitrogens with zero attached hydrogens (tertiary/aromatic N) is 6. The van der Waals surface area contributed by atoms with Crippen LogP contribution in [0.5, 0.6) is 0 Å². The monoisotopic (exact) mass is 722 g/mol. The lowest BCUT2D eigenvalue weighted by Gasteiger charge is -2.39. The van der Waals surface area contributed by atoms with Gasteiger partial charge in [0, 0.05) is 83.4 Å². The van der Waals surface area contributed by atoms with Crippen LogP contribution in [0.15, 0.2) is 30.6 Å². The van der Waals surface area contributed by atoms with Crippen molar-refractivity contribution in [1.29, 1.82) is 0 Å². The number of fused-ring (bicyclic) bond motifs is 3. The van der Waals surface area contributed by atoms with E-state index in [0.717, 1.165) is 60.4 Å². The maximum Gasteiger partial charge on any atom is 0.410 e. The van der Waals surface area contributed by atoms with Crippen LogP contribution in [0.4, 0.5) is 10.6 Å². The van der Waals surface area contributed by atoms with Gasteiger partial charge in [0.1, 0.15) is 30.6 Å². The van der Waals surface area contributed by atoms with Gasteiger partial charge < -0.3 is 24.0 Å². The van der Waals surface area contributed by atoms with Crippen LogP contribution < -0.4 is 4.90 Å². The highest BCUT2D eigenvalue weighted by molar-refractivity contribution is 6.76. The molecule has 0 aliphatic carbocycles. The van der Waals surface area contributed by atoms with E-state index in [1.54, 1.807) is 12.3 Å². The number of aromatic nitrogens is 4. The minimum atomic E-state index is -1.28. The number of hydrogen-bond acceptors (Lipinski definition) is 9. The summed E-state index contributed by atoms with van der Waals surface area (Å²) in [4.78, 5) is 39.1. The highest BCUT2D eigenvalue weighted by Crippen LogP contribution is 2.44. The number of carbonyl (C=O) groups is 2. The lowest BCUT2D eigenvalue weighted by Crippen LogP contribution is -2.48. The first kappa shape index (κ1) is 38.1. The van der Waals surface area contributed by atoms with Gasteiger partial charge in [0.25, 0.3) is 0 Å². The number of anilines is 1. The third kappa shape index (κ3) is 9.80. The molecule has 50 heavy (non-hydrogen) atoms. The number of ketones is 1. The van der Waals surface area contributed by atoms with E-state index < -0.39 is 21.7 Å². The largest absolute Gasteiger partial charge is 0.444 e. The smallest absolute Gasteiger partial charge is 0.410 e. The Bertz CT molecular complexity index is 1610. The van der Waals surface area contributed by atoms with E-state index >= 15 is 0 Å². The van der Waals surface area contributed by atoms with Gasteiger partial charge in [-0.25, -0.2) is 9.78 Å². The minimum absolute atomic E-state index is 0.0784. The van der Waals surface area contributed by atoms with Crippen LogP contribution in [0, 0.1) is 0 Å². The van der Waals surface area contributed by atoms with Crippen molar-refractivity contribution in [2.24, 2.45) is 0 Å². The van der Waals surface area contributed by atoms with E-state index in [1.165, 1.54) is 6.92 Å². The maximum atomic E-state index is 13.3. The Balaban J connectivity index is 1.52. The average Bonchev–Trinajstić information content (AvgIpc) is 3.56. The van der Waals surface area contributed by atoms with Gasteiger partial charge in [-0.15, -0.1) is 0 Å². The summed E-state index contributed by atoms with van der Waals surface area (Å²) in [6.45, 7) is 23.5. The van der Waals surface area contributed by atoms with Gasteiger partial charge in [0.15, 0.2) is 11.4 Å². The molecule has 2 atom stereocenters. The second-order valence-corrected chi connectivity index (χ2v) is 28.7. The third-order valence-electron chi connectivity index (χ3n) is 9.47. The Morgan fingerprint density at radius 1 is 0.920 bits per heavy atom. The summed E-state index contributed by atoms with van der Waals surface area (Å²) in [5.41, 5.74) is 3.24. The first-order valence-electron chi connectivity index (χ1n) is 18.2. The average molecular weight is 723 g/mol. The fourth-order valence-corrected chi connectivity index (χ4v) is 8.19. The van der Waals surface area contributed by atoms with Gasteiger partial charge in [-0.05, 0) is 64.6 Å². The molecule has 1 amide bonds. The van der Waals surface area contributed by atoms with Gasteiger partial charge in [-0.3, -0.25) is 9.78 Å². The summed E-state index contributed by atoms with van der Waals surface area (Å²) in [5.74, 6) is 0.927. The van der Waals surface area contributed by atoms with Crippen LogP contribution in [0.1, 0.15) is 75.5 Å². The number of Topliss-reactive ketones (excluding diaryl/α,β-unsaturated/α-hetero) is 1. The SMILES string of the molecule is CC(=O)c1ccc(-c2cnn3c(N(COCC[Si](C)(C)C)COCC[Si](C)(C)C)cc(C4CC5CCC(C4)N5C(=O)OC(C)(C)C)nc23)cn1. The van der Waals surface area contributed by atoms with Crippen molar-refractivity contribution in [3.05, 3.63) is 42.0 Å². The highest BCUT2D eigenvalue weighted by Gasteiger charge is 2.45. The van der Waals surface area contributed by atoms with Crippen molar-refractivity contribution in [3.8, 4) is 11.1 Å². The number of pyridine rings is 1. The molecule has 0 aromatic carbocycles. The summed E-state index contributed by atoms with van der Waals surface area (Å²) in [6, 6.07) is 8.16. The van der Waals surface area contributed by atoms with E-state index in [-0.39, 0.29) is 29.9 Å². The zero-order valence-electron chi connectivity index (χ0n) is 31.9. The van der Waals surface area contributed by atoms with Crippen molar-refractivity contribution in [2.75, 3.05) is 31.6 Å². The summed E-state index contributed by atoms with van der Waals surface area (Å²) < 4.78 is 20.4. The molecule has 0 N–H and O–H groups in total. The van der Waals surface area contributed by atoms with E-state index in [9.17, 15) is 9.59 Å². The quantitative estimate of drug-likeness (QED) is 0.0706. The first-order chi connectivity index (χ1) is 23.4. The van der Waals surface area contributed by atoms with Crippen molar-refractivity contribution < 1.29 is 23.8 Å². The molecule has 2 aliphatic heterocycles. The molecule has 2 bridgehead atoms. The molecule has 13 heteroatoms. The van der Waals surface area contributed by atoms with Crippen LogP contribution in [0.25, 0.3) is 16.8 Å². The van der Waals surface area contributed by atoms with Crippen molar-refractivity contribution in [1.82, 2.24) is 24.5 Å². The van der Waals surface area contributed by atoms with Crippen LogP contribution in [0.2, 0.25) is 51.4 Å². The first-order valence-corrected chi connectivity index (χ1v) is 25.6. The lowest BCUT2D eigenvalue weighted by molar-refractivity contribution is 0.00568. The Morgan fingerprint density at radius 2 is 1.52 bits per heavy atom. The molecule has 3 aromatic heterocycles. The number of hydrogen-bond donors (Lipinski definition) is 0. The van der Waals surface area contributed by atoms with E-state index in [2.05, 4.69) is 55.2 Å². The number of amides is 1. The Labute approximate surface area is 300 Å². The molecule has 2 aliphatic rings. The Hall–Kier alpha value is -3.14. The minimum Gasteiger partial charge on any atom is -0.444 e. The van der Waals surface area contributed by atoms with Gasteiger partial charge in [0.2, 0.25) is 0 Å². The number of piperidine rings is 1. The van der Waals surface area contributed by atoms with Gasteiger partial charge in [0.05, 0.1) is 6.20 Å². The predicted octanol–water partition coefficient (Wildman–Crippen LogP) is 8.07. The molecule has 2 fully saturated rings. The highest BCUT2D eigenvalue weighted by atomic mass is 28.3. The summed E-state index contributed by atoms with van der Waals surface area (Å²) in [7, 11) is -2.55. The number of ether oxygens (including phenoxy) is 3.